The molecule has 0 spiro atoms. The van der Waals surface area contributed by atoms with E-state index in [9.17, 15) is 0 Å². The summed E-state index contributed by atoms with van der Waals surface area (Å²) < 4.78 is 0. The first kappa shape index (κ1) is 18.7. The predicted octanol–water partition coefficient (Wildman–Crippen LogP) is 2.76. The van der Waals surface area contributed by atoms with Crippen LogP contribution in [0.5, 0.6) is 0 Å². The number of halogens is 1. The van der Waals surface area contributed by atoms with E-state index in [1.54, 1.807) is 0 Å². The van der Waals surface area contributed by atoms with Gasteiger partial charge in [0, 0.05) is 42.9 Å². The maximum Gasteiger partial charge on any atom is 0.193 e. The number of rotatable bonds is 4. The van der Waals surface area contributed by atoms with Crippen LogP contribution >= 0.6 is 47.5 Å². The lowest BCUT2D eigenvalue weighted by atomic mass is 10.3. The summed E-state index contributed by atoms with van der Waals surface area (Å²) in [7, 11) is 1.88. The molecule has 2 atom stereocenters. The van der Waals surface area contributed by atoms with Gasteiger partial charge >= 0.3 is 0 Å². The molecule has 1 saturated heterocycles. The van der Waals surface area contributed by atoms with Gasteiger partial charge in [-0.3, -0.25) is 4.99 Å². The van der Waals surface area contributed by atoms with Crippen molar-refractivity contribution in [2.24, 2.45) is 4.99 Å². The minimum Gasteiger partial charge on any atom is -0.355 e. The largest absolute Gasteiger partial charge is 0.355 e. The number of hydrogen-bond acceptors (Lipinski definition) is 3. The molecule has 3 nitrogen and oxygen atoms in total. The Labute approximate surface area is 137 Å². The van der Waals surface area contributed by atoms with Gasteiger partial charge < -0.3 is 10.2 Å². The van der Waals surface area contributed by atoms with Crippen LogP contribution in [0.15, 0.2) is 4.99 Å². The van der Waals surface area contributed by atoms with Crippen molar-refractivity contribution in [3.8, 4) is 0 Å². The van der Waals surface area contributed by atoms with Gasteiger partial charge in [0.05, 0.1) is 0 Å². The topological polar surface area (TPSA) is 27.6 Å². The van der Waals surface area contributed by atoms with Crippen molar-refractivity contribution in [1.29, 1.82) is 0 Å². The molecule has 1 fully saturated rings. The Kier molecular flexibility index (Phi) is 10.9. The van der Waals surface area contributed by atoms with Crippen LogP contribution in [-0.4, -0.2) is 60.0 Å². The van der Waals surface area contributed by atoms with E-state index in [0.717, 1.165) is 30.8 Å². The zero-order chi connectivity index (χ0) is 12.7. The first-order chi connectivity index (χ1) is 8.21. The fraction of sp³-hybridized carbons (Fsp3) is 0.917. The zero-order valence-corrected chi connectivity index (χ0v) is 15.8. The third-order valence-electron chi connectivity index (χ3n) is 3.06. The van der Waals surface area contributed by atoms with Crippen LogP contribution in [0.1, 0.15) is 20.3 Å². The molecule has 0 amide bonds. The van der Waals surface area contributed by atoms with Crippen molar-refractivity contribution in [3.63, 3.8) is 0 Å². The second-order valence-electron chi connectivity index (χ2n) is 4.32. The normalized spacial score (nSPS) is 22.3. The summed E-state index contributed by atoms with van der Waals surface area (Å²) in [5.74, 6) is 2.29. The number of guanidine groups is 1. The summed E-state index contributed by atoms with van der Waals surface area (Å²) >= 11 is 3.98. The molecule has 2 unspecified atom stereocenters. The summed E-state index contributed by atoms with van der Waals surface area (Å²) in [6.07, 6.45) is 3.40. The summed E-state index contributed by atoms with van der Waals surface area (Å²) in [5.41, 5.74) is 0. The number of nitrogens with one attached hydrogen (secondary N) is 1. The van der Waals surface area contributed by atoms with Crippen LogP contribution in [0, 0.1) is 0 Å². The molecule has 6 heteroatoms. The second kappa shape index (κ2) is 10.5. The minimum absolute atomic E-state index is 0. The van der Waals surface area contributed by atoms with Gasteiger partial charge in [-0.1, -0.05) is 13.8 Å². The molecule has 1 aliphatic heterocycles. The lowest BCUT2D eigenvalue weighted by Gasteiger charge is -2.34. The maximum absolute atomic E-state index is 4.40. The summed E-state index contributed by atoms with van der Waals surface area (Å²) in [5, 5.41) is 4.88. The lowest BCUT2D eigenvalue weighted by molar-refractivity contribution is 0.408. The van der Waals surface area contributed by atoms with Crippen LogP contribution in [-0.2, 0) is 0 Å². The Morgan fingerprint density at radius 3 is 2.89 bits per heavy atom. The molecule has 0 bridgehead atoms. The van der Waals surface area contributed by atoms with Gasteiger partial charge in [0.1, 0.15) is 0 Å². The molecular formula is C12H26IN3S2. The van der Waals surface area contributed by atoms with Gasteiger partial charge in [-0.05, 0) is 12.7 Å². The molecular weight excluding hydrogens is 377 g/mol. The molecule has 108 valence electrons. The Balaban J connectivity index is 0.00000289. The summed E-state index contributed by atoms with van der Waals surface area (Å²) in [6.45, 7) is 7.76. The molecule has 0 aromatic rings. The van der Waals surface area contributed by atoms with Crippen LogP contribution in [0.25, 0.3) is 0 Å². The highest BCUT2D eigenvalue weighted by Crippen LogP contribution is 2.21. The average Bonchev–Trinajstić information content (AvgIpc) is 2.39. The van der Waals surface area contributed by atoms with Gasteiger partial charge in [-0.2, -0.15) is 23.5 Å². The maximum atomic E-state index is 4.40. The Bertz CT molecular complexity index is 251. The van der Waals surface area contributed by atoms with E-state index in [1.807, 2.05) is 18.8 Å². The molecule has 1 heterocycles. The molecule has 0 aliphatic carbocycles. The Hall–Kier alpha value is 0.700. The first-order valence-electron chi connectivity index (χ1n) is 6.31. The second-order valence-corrected chi connectivity index (χ2v) is 7.01. The van der Waals surface area contributed by atoms with E-state index in [4.69, 9.17) is 0 Å². The number of nitrogens with zero attached hydrogens (tertiary/aromatic N) is 2. The van der Waals surface area contributed by atoms with Gasteiger partial charge in [0.2, 0.25) is 0 Å². The molecule has 0 aromatic heterocycles. The van der Waals surface area contributed by atoms with Gasteiger partial charge in [0.25, 0.3) is 0 Å². The standard InChI is InChI=1S/C12H25N3S2.HI/c1-5-11-9-15(6-7-17-11)12(13-3)14-8-10(2)16-4;/h10-11H,5-9H2,1-4H3,(H,13,14);1H. The molecule has 0 saturated carbocycles. The molecule has 1 N–H and O–H groups in total. The van der Waals surface area contributed by atoms with E-state index < -0.39 is 0 Å². The fourth-order valence-electron chi connectivity index (χ4n) is 1.81. The summed E-state index contributed by atoms with van der Waals surface area (Å²) in [6, 6.07) is 0. The molecule has 1 aliphatic rings. The number of hydrogen-bond donors (Lipinski definition) is 1. The zero-order valence-electron chi connectivity index (χ0n) is 11.8. The van der Waals surface area contributed by atoms with Crippen molar-refractivity contribution < 1.29 is 0 Å². The molecule has 0 aromatic carbocycles. The Morgan fingerprint density at radius 2 is 2.33 bits per heavy atom. The third kappa shape index (κ3) is 6.23. The van der Waals surface area contributed by atoms with Gasteiger partial charge in [-0.15, -0.1) is 24.0 Å². The predicted molar refractivity (Wildman–Crippen MR) is 97.9 cm³/mol. The van der Waals surface area contributed by atoms with Crippen LogP contribution < -0.4 is 5.32 Å². The van der Waals surface area contributed by atoms with E-state index in [-0.39, 0.29) is 24.0 Å². The van der Waals surface area contributed by atoms with Crippen molar-refractivity contribution in [2.45, 2.75) is 30.8 Å². The highest BCUT2D eigenvalue weighted by Gasteiger charge is 2.21. The van der Waals surface area contributed by atoms with E-state index >= 15 is 0 Å². The van der Waals surface area contributed by atoms with Crippen molar-refractivity contribution in [3.05, 3.63) is 0 Å². The fourth-order valence-corrected chi connectivity index (χ4v) is 3.24. The number of aliphatic imine (C=N–C) groups is 1. The highest BCUT2D eigenvalue weighted by molar-refractivity contribution is 14.0. The monoisotopic (exact) mass is 403 g/mol. The smallest absolute Gasteiger partial charge is 0.193 e. The third-order valence-corrected chi connectivity index (χ3v) is 5.40. The molecule has 1 rings (SSSR count). The SMILES string of the molecule is CCC1CN(C(=NC)NCC(C)SC)CCS1.I. The summed E-state index contributed by atoms with van der Waals surface area (Å²) in [4.78, 5) is 6.80. The minimum atomic E-state index is 0. The number of thioether (sulfide) groups is 2. The lowest BCUT2D eigenvalue weighted by Crippen LogP contribution is -2.49. The van der Waals surface area contributed by atoms with Crippen molar-refractivity contribution >= 4 is 53.5 Å². The van der Waals surface area contributed by atoms with Crippen molar-refractivity contribution in [1.82, 2.24) is 10.2 Å². The van der Waals surface area contributed by atoms with E-state index in [1.165, 1.54) is 12.2 Å². The van der Waals surface area contributed by atoms with Crippen molar-refractivity contribution in [2.75, 3.05) is 38.7 Å². The van der Waals surface area contributed by atoms with E-state index in [0.29, 0.717) is 5.25 Å². The Morgan fingerprint density at radius 1 is 1.61 bits per heavy atom. The molecule has 0 radical (unpaired) electrons. The highest BCUT2D eigenvalue weighted by atomic mass is 127. The van der Waals surface area contributed by atoms with Crippen LogP contribution in [0.4, 0.5) is 0 Å². The van der Waals surface area contributed by atoms with Gasteiger partial charge in [0.15, 0.2) is 5.96 Å². The van der Waals surface area contributed by atoms with Gasteiger partial charge in [-0.25, -0.2) is 0 Å². The van der Waals surface area contributed by atoms with Crippen LogP contribution in [0.3, 0.4) is 0 Å². The first-order valence-corrected chi connectivity index (χ1v) is 8.64. The quantitative estimate of drug-likeness (QED) is 0.444. The molecule has 18 heavy (non-hydrogen) atoms. The van der Waals surface area contributed by atoms with Crippen LogP contribution in [0.2, 0.25) is 0 Å². The average molecular weight is 403 g/mol. The van der Waals surface area contributed by atoms with E-state index in [2.05, 4.69) is 47.1 Å².